The van der Waals surface area contributed by atoms with Crippen LogP contribution in [0.15, 0.2) is 60.7 Å². The summed E-state index contributed by atoms with van der Waals surface area (Å²) in [5, 5.41) is 9.53. The molecule has 0 spiro atoms. The maximum atomic E-state index is 9.53. The van der Waals surface area contributed by atoms with E-state index in [9.17, 15) is 5.11 Å². The number of hydrogen-bond donors (Lipinski definition) is 1. The van der Waals surface area contributed by atoms with E-state index >= 15 is 0 Å². The van der Waals surface area contributed by atoms with Crippen LogP contribution in [0.5, 0.6) is 5.75 Å². The highest BCUT2D eigenvalue weighted by atomic mass is 35.5. The van der Waals surface area contributed by atoms with Crippen LogP contribution in [0.1, 0.15) is 11.1 Å². The average Bonchev–Trinajstić information content (AvgIpc) is 2.88. The Morgan fingerprint density at radius 2 is 1.80 bits per heavy atom. The molecule has 1 N–H and O–H groups in total. The predicted octanol–water partition coefficient (Wildman–Crippen LogP) is 3.71. The Hall–Kier alpha value is -1.77. The van der Waals surface area contributed by atoms with E-state index in [2.05, 4.69) is 41.3 Å². The highest BCUT2D eigenvalue weighted by molar-refractivity contribution is 5.85. The first kappa shape index (κ1) is 14.6. The van der Waals surface area contributed by atoms with Crippen LogP contribution >= 0.6 is 12.4 Å². The monoisotopic (exact) mass is 287 g/mol. The Morgan fingerprint density at radius 3 is 2.55 bits per heavy atom. The summed E-state index contributed by atoms with van der Waals surface area (Å²) in [6.45, 7) is 2.89. The molecular weight excluding hydrogens is 270 g/mol. The molecule has 1 aliphatic heterocycles. The maximum absolute atomic E-state index is 9.53. The maximum Gasteiger partial charge on any atom is 0.116 e. The molecule has 3 heteroatoms. The van der Waals surface area contributed by atoms with Crippen LogP contribution < -0.4 is 0 Å². The minimum absolute atomic E-state index is 0. The molecule has 1 aliphatic rings. The molecule has 2 nitrogen and oxygen atoms in total. The molecule has 0 saturated heterocycles. The molecule has 0 aliphatic carbocycles. The first-order valence-corrected chi connectivity index (χ1v) is 6.56. The van der Waals surface area contributed by atoms with Crippen LogP contribution in [-0.4, -0.2) is 23.1 Å². The van der Waals surface area contributed by atoms with Gasteiger partial charge in [0.25, 0.3) is 0 Å². The second kappa shape index (κ2) is 6.60. The summed E-state index contributed by atoms with van der Waals surface area (Å²) in [5.74, 6) is 0.333. The second-order valence-electron chi connectivity index (χ2n) is 4.93. The van der Waals surface area contributed by atoms with Gasteiger partial charge in [0.15, 0.2) is 0 Å². The molecule has 0 fully saturated rings. The standard InChI is InChI=1S/C17H17NO.ClH/c19-17-8-4-7-15(11-17)16-9-10-18(13-16)12-14-5-2-1-3-6-14;/h1-9,11,19H,10,12-13H2;1H. The molecule has 2 aromatic rings. The lowest BCUT2D eigenvalue weighted by atomic mass is 10.1. The van der Waals surface area contributed by atoms with Gasteiger partial charge in [0.1, 0.15) is 5.75 Å². The normalized spacial score (nSPS) is 14.7. The molecule has 0 radical (unpaired) electrons. The van der Waals surface area contributed by atoms with Gasteiger partial charge >= 0.3 is 0 Å². The average molecular weight is 288 g/mol. The van der Waals surface area contributed by atoms with Crippen molar-refractivity contribution in [3.63, 3.8) is 0 Å². The van der Waals surface area contributed by atoms with Crippen LogP contribution in [0.25, 0.3) is 5.57 Å². The van der Waals surface area contributed by atoms with Gasteiger partial charge in [-0.1, -0.05) is 48.5 Å². The zero-order chi connectivity index (χ0) is 13.1. The zero-order valence-electron chi connectivity index (χ0n) is 11.2. The van der Waals surface area contributed by atoms with E-state index in [4.69, 9.17) is 0 Å². The topological polar surface area (TPSA) is 23.5 Å². The number of benzene rings is 2. The van der Waals surface area contributed by atoms with Crippen LogP contribution in [0, 0.1) is 0 Å². The van der Waals surface area contributed by atoms with Gasteiger partial charge in [-0.3, -0.25) is 4.90 Å². The van der Waals surface area contributed by atoms with Gasteiger partial charge in [-0.25, -0.2) is 0 Å². The Labute approximate surface area is 125 Å². The fourth-order valence-corrected chi connectivity index (χ4v) is 2.49. The van der Waals surface area contributed by atoms with E-state index in [0.717, 1.165) is 25.2 Å². The SMILES string of the molecule is Cl.Oc1cccc(C2=CCN(Cc3ccccc3)C2)c1. The molecule has 0 saturated carbocycles. The van der Waals surface area contributed by atoms with Crippen molar-refractivity contribution in [1.82, 2.24) is 4.90 Å². The minimum atomic E-state index is 0. The van der Waals surface area contributed by atoms with E-state index in [1.165, 1.54) is 11.1 Å². The van der Waals surface area contributed by atoms with Crippen molar-refractivity contribution < 1.29 is 5.11 Å². The molecule has 20 heavy (non-hydrogen) atoms. The fourth-order valence-electron chi connectivity index (χ4n) is 2.49. The predicted molar refractivity (Wildman–Crippen MR) is 85.1 cm³/mol. The smallest absolute Gasteiger partial charge is 0.116 e. The van der Waals surface area contributed by atoms with Crippen molar-refractivity contribution in [2.75, 3.05) is 13.1 Å². The number of nitrogens with zero attached hydrogens (tertiary/aromatic N) is 1. The quantitative estimate of drug-likeness (QED) is 0.930. The Kier molecular flexibility index (Phi) is 4.83. The Morgan fingerprint density at radius 1 is 1.00 bits per heavy atom. The van der Waals surface area contributed by atoms with Crippen molar-refractivity contribution in [2.24, 2.45) is 0 Å². The number of rotatable bonds is 3. The Balaban J connectivity index is 0.00000147. The fraction of sp³-hybridized carbons (Fsp3) is 0.176. The van der Waals surface area contributed by atoms with E-state index < -0.39 is 0 Å². The van der Waals surface area contributed by atoms with Crippen molar-refractivity contribution in [3.8, 4) is 5.75 Å². The highest BCUT2D eigenvalue weighted by Gasteiger charge is 2.15. The second-order valence-corrected chi connectivity index (χ2v) is 4.93. The third kappa shape index (κ3) is 3.41. The molecule has 0 amide bonds. The minimum Gasteiger partial charge on any atom is -0.508 e. The third-order valence-electron chi connectivity index (χ3n) is 3.46. The van der Waals surface area contributed by atoms with E-state index in [1.807, 2.05) is 18.2 Å². The summed E-state index contributed by atoms with van der Waals surface area (Å²) in [7, 11) is 0. The summed E-state index contributed by atoms with van der Waals surface area (Å²) in [6, 6.07) is 18.0. The number of aromatic hydroxyl groups is 1. The van der Waals surface area contributed by atoms with Crippen molar-refractivity contribution in [2.45, 2.75) is 6.54 Å². The zero-order valence-corrected chi connectivity index (χ0v) is 12.0. The molecule has 104 valence electrons. The highest BCUT2D eigenvalue weighted by Crippen LogP contribution is 2.24. The summed E-state index contributed by atoms with van der Waals surface area (Å²) in [5.41, 5.74) is 3.76. The van der Waals surface area contributed by atoms with E-state index in [0.29, 0.717) is 5.75 Å². The van der Waals surface area contributed by atoms with Crippen molar-refractivity contribution in [1.29, 1.82) is 0 Å². The van der Waals surface area contributed by atoms with Gasteiger partial charge < -0.3 is 5.11 Å². The van der Waals surface area contributed by atoms with Crippen LogP contribution in [-0.2, 0) is 6.54 Å². The van der Waals surface area contributed by atoms with Gasteiger partial charge in [-0.2, -0.15) is 0 Å². The molecule has 0 atom stereocenters. The summed E-state index contributed by atoms with van der Waals surface area (Å²) in [4.78, 5) is 2.40. The molecule has 3 rings (SSSR count). The molecule has 2 aromatic carbocycles. The first-order chi connectivity index (χ1) is 9.31. The lowest BCUT2D eigenvalue weighted by Crippen LogP contribution is -2.19. The lowest BCUT2D eigenvalue weighted by molar-refractivity contribution is 0.348. The van der Waals surface area contributed by atoms with Gasteiger partial charge in [0.05, 0.1) is 0 Å². The largest absolute Gasteiger partial charge is 0.508 e. The van der Waals surface area contributed by atoms with Crippen molar-refractivity contribution >= 4 is 18.0 Å². The molecule has 0 unspecified atom stereocenters. The molecule has 0 aromatic heterocycles. The summed E-state index contributed by atoms with van der Waals surface area (Å²) < 4.78 is 0. The van der Waals surface area contributed by atoms with Crippen LogP contribution in [0.2, 0.25) is 0 Å². The van der Waals surface area contributed by atoms with Crippen LogP contribution in [0.4, 0.5) is 0 Å². The number of phenolic OH excluding ortho intramolecular Hbond substituents is 1. The number of halogens is 1. The molecular formula is C17H18ClNO. The molecule has 0 bridgehead atoms. The summed E-state index contributed by atoms with van der Waals surface area (Å²) >= 11 is 0. The van der Waals surface area contributed by atoms with E-state index in [-0.39, 0.29) is 12.4 Å². The Bertz CT molecular complexity index is 595. The number of hydrogen-bond acceptors (Lipinski definition) is 2. The van der Waals surface area contributed by atoms with Gasteiger partial charge in [-0.05, 0) is 28.8 Å². The first-order valence-electron chi connectivity index (χ1n) is 6.56. The van der Waals surface area contributed by atoms with Gasteiger partial charge in [-0.15, -0.1) is 12.4 Å². The summed E-state index contributed by atoms with van der Waals surface area (Å²) in [6.07, 6.45) is 2.25. The van der Waals surface area contributed by atoms with E-state index in [1.54, 1.807) is 6.07 Å². The van der Waals surface area contributed by atoms with Gasteiger partial charge in [0, 0.05) is 19.6 Å². The lowest BCUT2D eigenvalue weighted by Gasteiger charge is -2.16. The molecule has 1 heterocycles. The third-order valence-corrected chi connectivity index (χ3v) is 3.46. The number of phenols is 1. The van der Waals surface area contributed by atoms with Gasteiger partial charge in [0.2, 0.25) is 0 Å². The van der Waals surface area contributed by atoms with Crippen molar-refractivity contribution in [3.05, 3.63) is 71.8 Å². The van der Waals surface area contributed by atoms with Crippen LogP contribution in [0.3, 0.4) is 0 Å².